The van der Waals surface area contributed by atoms with Crippen molar-refractivity contribution in [2.75, 3.05) is 9.80 Å². The van der Waals surface area contributed by atoms with Crippen LogP contribution in [0.15, 0.2) is 96.7 Å². The lowest BCUT2D eigenvalue weighted by atomic mass is 10.0. The highest BCUT2D eigenvalue weighted by molar-refractivity contribution is 6.46. The van der Waals surface area contributed by atoms with Crippen molar-refractivity contribution in [2.24, 2.45) is 0 Å². The number of para-hydroxylation sites is 2. The number of imide groups is 2. The molecule has 1 N–H and O–H groups in total. The van der Waals surface area contributed by atoms with Gasteiger partial charge in [0.1, 0.15) is 11.6 Å². The number of urea groups is 1. The van der Waals surface area contributed by atoms with Crippen LogP contribution in [0.1, 0.15) is 18.5 Å². The predicted octanol–water partition coefficient (Wildman–Crippen LogP) is 4.87. The zero-order valence-electron chi connectivity index (χ0n) is 19.2. The van der Waals surface area contributed by atoms with Gasteiger partial charge in [0.2, 0.25) is 0 Å². The van der Waals surface area contributed by atoms with Gasteiger partial charge in [-0.2, -0.15) is 0 Å². The van der Waals surface area contributed by atoms with Crippen LogP contribution in [0.4, 0.5) is 16.2 Å². The summed E-state index contributed by atoms with van der Waals surface area (Å²) in [6.07, 6.45) is 3.14. The number of aromatic nitrogens is 1. The number of hydrogen-bond acceptors (Lipinski definition) is 4. The van der Waals surface area contributed by atoms with E-state index >= 15 is 0 Å². The standard InChI is InChI=1S/C28H21N3O5/c1-18(27(34)35)29-15-14-20-16-19(12-13-24(20)29)17-23-25(32)30(21-8-4-2-5-9-21)28(36)31(26(23)33)22-10-6-3-7-11-22/h2-18H,1H3,(H,34,35)/t18-/m1/s1. The molecule has 1 aromatic heterocycles. The number of amides is 4. The zero-order chi connectivity index (χ0) is 25.4. The van der Waals surface area contributed by atoms with Gasteiger partial charge in [-0.05, 0) is 61.0 Å². The predicted molar refractivity (Wildman–Crippen MR) is 136 cm³/mol. The van der Waals surface area contributed by atoms with Gasteiger partial charge in [-0.1, -0.05) is 42.5 Å². The van der Waals surface area contributed by atoms with Crippen LogP contribution in [0.2, 0.25) is 0 Å². The van der Waals surface area contributed by atoms with Crippen LogP contribution in [0, 0.1) is 0 Å². The third-order valence-electron chi connectivity index (χ3n) is 6.11. The van der Waals surface area contributed by atoms with Crippen LogP contribution >= 0.6 is 0 Å². The van der Waals surface area contributed by atoms with Crippen molar-refractivity contribution in [3.63, 3.8) is 0 Å². The molecule has 0 unspecified atom stereocenters. The number of carboxylic acid groups (broad SMARTS) is 1. The summed E-state index contributed by atoms with van der Waals surface area (Å²) in [6, 6.07) is 22.4. The van der Waals surface area contributed by atoms with Crippen molar-refractivity contribution in [1.29, 1.82) is 0 Å². The fourth-order valence-electron chi connectivity index (χ4n) is 4.23. The average molecular weight is 479 g/mol. The molecular formula is C28H21N3O5. The van der Waals surface area contributed by atoms with E-state index in [0.717, 1.165) is 15.2 Å². The summed E-state index contributed by atoms with van der Waals surface area (Å²) in [5, 5.41) is 10.1. The van der Waals surface area contributed by atoms with E-state index in [1.165, 1.54) is 6.08 Å². The Hall–Kier alpha value is -4.98. The number of barbiturate groups is 1. The fourth-order valence-corrected chi connectivity index (χ4v) is 4.23. The molecule has 0 bridgehead atoms. The third kappa shape index (κ3) is 3.84. The van der Waals surface area contributed by atoms with Crippen LogP contribution in [-0.2, 0) is 14.4 Å². The Labute approximate surface area is 206 Å². The molecule has 4 amide bonds. The molecule has 4 aromatic rings. The van der Waals surface area contributed by atoms with E-state index in [2.05, 4.69) is 0 Å². The van der Waals surface area contributed by atoms with Gasteiger partial charge >= 0.3 is 12.0 Å². The number of hydrogen-bond donors (Lipinski definition) is 1. The highest BCUT2D eigenvalue weighted by Crippen LogP contribution is 2.30. The van der Waals surface area contributed by atoms with E-state index in [1.807, 2.05) is 0 Å². The quantitative estimate of drug-likeness (QED) is 0.325. The number of benzene rings is 3. The summed E-state index contributed by atoms with van der Waals surface area (Å²) in [5.41, 5.74) is 1.81. The summed E-state index contributed by atoms with van der Waals surface area (Å²) in [4.78, 5) is 53.7. The van der Waals surface area contributed by atoms with Crippen LogP contribution in [0.3, 0.4) is 0 Å². The highest BCUT2D eigenvalue weighted by atomic mass is 16.4. The molecular weight excluding hydrogens is 458 g/mol. The Morgan fingerprint density at radius 1 is 0.806 bits per heavy atom. The molecule has 178 valence electrons. The fraction of sp³-hybridized carbons (Fsp3) is 0.0714. The lowest BCUT2D eigenvalue weighted by molar-refractivity contribution is -0.140. The Morgan fingerprint density at radius 2 is 1.36 bits per heavy atom. The smallest absolute Gasteiger partial charge is 0.343 e. The normalized spacial score (nSPS) is 14.9. The first kappa shape index (κ1) is 22.8. The third-order valence-corrected chi connectivity index (χ3v) is 6.11. The number of nitrogens with zero attached hydrogens (tertiary/aromatic N) is 3. The van der Waals surface area contributed by atoms with Gasteiger partial charge < -0.3 is 9.67 Å². The maximum atomic E-state index is 13.5. The lowest BCUT2D eigenvalue weighted by Crippen LogP contribution is -2.57. The summed E-state index contributed by atoms with van der Waals surface area (Å²) < 4.78 is 1.64. The van der Waals surface area contributed by atoms with Crippen molar-refractivity contribution < 1.29 is 24.3 Å². The van der Waals surface area contributed by atoms with Gasteiger partial charge in [0.25, 0.3) is 11.8 Å². The lowest BCUT2D eigenvalue weighted by Gasteiger charge is -2.33. The number of rotatable bonds is 5. The maximum absolute atomic E-state index is 13.5. The van der Waals surface area contributed by atoms with Crippen molar-refractivity contribution in [3.05, 3.63) is 102 Å². The molecule has 5 rings (SSSR count). The van der Waals surface area contributed by atoms with Gasteiger partial charge in [-0.25, -0.2) is 19.4 Å². The molecule has 2 heterocycles. The number of carbonyl (C=O) groups excluding carboxylic acids is 3. The van der Waals surface area contributed by atoms with Crippen LogP contribution < -0.4 is 9.80 Å². The second kappa shape index (κ2) is 8.99. The molecule has 8 heteroatoms. The van der Waals surface area contributed by atoms with Gasteiger partial charge in [0.05, 0.1) is 11.4 Å². The van der Waals surface area contributed by atoms with Gasteiger partial charge in [0, 0.05) is 17.1 Å². The van der Waals surface area contributed by atoms with Gasteiger partial charge in [0.15, 0.2) is 0 Å². The first-order valence-electron chi connectivity index (χ1n) is 11.2. The van der Waals surface area contributed by atoms with Gasteiger partial charge in [-0.3, -0.25) is 9.59 Å². The molecule has 8 nitrogen and oxygen atoms in total. The van der Waals surface area contributed by atoms with Crippen molar-refractivity contribution >= 4 is 52.2 Å². The Morgan fingerprint density at radius 3 is 1.89 bits per heavy atom. The van der Waals surface area contributed by atoms with E-state index in [0.29, 0.717) is 22.5 Å². The topological polar surface area (TPSA) is 99.9 Å². The number of carboxylic acids is 1. The molecule has 1 atom stereocenters. The first-order chi connectivity index (χ1) is 17.4. The highest BCUT2D eigenvalue weighted by Gasteiger charge is 2.43. The molecule has 0 aliphatic carbocycles. The summed E-state index contributed by atoms with van der Waals surface area (Å²) in [7, 11) is 0. The number of aliphatic carboxylic acids is 1. The molecule has 36 heavy (non-hydrogen) atoms. The second-order valence-corrected chi connectivity index (χ2v) is 8.35. The minimum absolute atomic E-state index is 0.167. The molecule has 0 radical (unpaired) electrons. The number of carbonyl (C=O) groups is 4. The molecule has 1 aliphatic rings. The van der Waals surface area contributed by atoms with E-state index in [4.69, 9.17) is 0 Å². The van der Waals surface area contributed by atoms with Crippen LogP contribution in [-0.4, -0.2) is 33.5 Å². The number of anilines is 2. The van der Waals surface area contributed by atoms with Crippen molar-refractivity contribution in [3.8, 4) is 0 Å². The molecule has 1 aliphatic heterocycles. The minimum atomic E-state index is -0.955. The van der Waals surface area contributed by atoms with Crippen LogP contribution in [0.25, 0.3) is 17.0 Å². The SMILES string of the molecule is C[C@H](C(=O)O)n1ccc2cc(C=C3C(=O)N(c4ccccc4)C(=O)N(c4ccccc4)C3=O)ccc21. The summed E-state index contributed by atoms with van der Waals surface area (Å²) in [5.74, 6) is -2.40. The van der Waals surface area contributed by atoms with Crippen molar-refractivity contribution in [2.45, 2.75) is 13.0 Å². The number of fused-ring (bicyclic) bond motifs is 1. The maximum Gasteiger partial charge on any atom is 0.343 e. The first-order valence-corrected chi connectivity index (χ1v) is 11.2. The van der Waals surface area contributed by atoms with Gasteiger partial charge in [-0.15, -0.1) is 0 Å². The molecule has 1 saturated heterocycles. The molecule has 0 spiro atoms. The summed E-state index contributed by atoms with van der Waals surface area (Å²) in [6.45, 7) is 1.59. The minimum Gasteiger partial charge on any atom is -0.480 e. The van der Waals surface area contributed by atoms with Crippen molar-refractivity contribution in [1.82, 2.24) is 4.57 Å². The van der Waals surface area contributed by atoms with E-state index in [9.17, 15) is 24.3 Å². The Bertz CT molecular complexity index is 1480. The Balaban J connectivity index is 1.61. The second-order valence-electron chi connectivity index (χ2n) is 8.35. The molecule has 3 aromatic carbocycles. The largest absolute Gasteiger partial charge is 0.480 e. The summed E-state index contributed by atoms with van der Waals surface area (Å²) >= 11 is 0. The molecule has 1 fully saturated rings. The van der Waals surface area contributed by atoms with E-state index in [1.54, 1.807) is 103 Å². The van der Waals surface area contributed by atoms with E-state index < -0.39 is 29.9 Å². The Kier molecular flexibility index (Phi) is 5.69. The van der Waals surface area contributed by atoms with E-state index in [-0.39, 0.29) is 5.57 Å². The molecule has 0 saturated carbocycles. The van der Waals surface area contributed by atoms with Crippen LogP contribution in [0.5, 0.6) is 0 Å². The monoisotopic (exact) mass is 479 g/mol. The average Bonchev–Trinajstić information content (AvgIpc) is 3.30. The zero-order valence-corrected chi connectivity index (χ0v) is 19.2.